The number of benzene rings is 1. The van der Waals surface area contributed by atoms with Crippen molar-refractivity contribution < 1.29 is 22.8 Å². The smallest absolute Gasteiger partial charge is 0.323 e. The van der Waals surface area contributed by atoms with Crippen molar-refractivity contribution in [3.05, 3.63) is 30.1 Å². The maximum Gasteiger partial charge on any atom is 0.416 e. The molecule has 11 heteroatoms. The second-order valence-corrected chi connectivity index (χ2v) is 6.99. The molecule has 1 atom stereocenters. The van der Waals surface area contributed by atoms with Crippen LogP contribution in [0.4, 0.5) is 24.5 Å². The Labute approximate surface area is 150 Å². The standard InChI is InChI=1S/C15H14F3N5O2S/c1-8(26-14-21-19-7-22(14)2)13(25)23-6-12(24)20-10-5-9(15(16,17)18)3-4-11(10)23/h3-5,7-8H,6H2,1-2H3,(H,20,24)/t8-/m0/s1. The zero-order valence-electron chi connectivity index (χ0n) is 13.7. The highest BCUT2D eigenvalue weighted by Crippen LogP contribution is 2.37. The number of carbonyl (C=O) groups excluding carboxylic acids is 2. The molecular weight excluding hydrogens is 371 g/mol. The Kier molecular flexibility index (Phi) is 4.65. The maximum atomic E-state index is 12.9. The normalized spacial score (nSPS) is 15.4. The summed E-state index contributed by atoms with van der Waals surface area (Å²) in [4.78, 5) is 25.8. The number of rotatable bonds is 3. The number of hydrogen-bond acceptors (Lipinski definition) is 5. The third-order valence-electron chi connectivity index (χ3n) is 3.76. The van der Waals surface area contributed by atoms with Crippen molar-refractivity contribution in [1.82, 2.24) is 14.8 Å². The summed E-state index contributed by atoms with van der Waals surface area (Å²) in [6, 6.07) is 2.90. The Morgan fingerprint density at radius 2 is 2.12 bits per heavy atom. The van der Waals surface area contributed by atoms with Gasteiger partial charge in [0, 0.05) is 7.05 Å². The number of aryl methyl sites for hydroxylation is 1. The SMILES string of the molecule is C[C@H](Sc1nncn1C)C(=O)N1CC(=O)Nc2cc(C(F)(F)F)ccc21. The van der Waals surface area contributed by atoms with Gasteiger partial charge in [-0.1, -0.05) is 11.8 Å². The van der Waals surface area contributed by atoms with Crippen LogP contribution in [0, 0.1) is 0 Å². The fourth-order valence-corrected chi connectivity index (χ4v) is 3.32. The number of nitrogens with zero attached hydrogens (tertiary/aromatic N) is 4. The van der Waals surface area contributed by atoms with Crippen LogP contribution in [0.15, 0.2) is 29.7 Å². The molecule has 0 radical (unpaired) electrons. The topological polar surface area (TPSA) is 80.1 Å². The minimum absolute atomic E-state index is 0.0414. The first-order valence-electron chi connectivity index (χ1n) is 7.50. The van der Waals surface area contributed by atoms with Crippen molar-refractivity contribution >= 4 is 35.0 Å². The molecule has 138 valence electrons. The summed E-state index contributed by atoms with van der Waals surface area (Å²) >= 11 is 1.15. The number of thioether (sulfide) groups is 1. The number of hydrogen-bond donors (Lipinski definition) is 1. The van der Waals surface area contributed by atoms with Gasteiger partial charge in [-0.25, -0.2) is 0 Å². The van der Waals surface area contributed by atoms with E-state index in [0.717, 1.165) is 23.9 Å². The van der Waals surface area contributed by atoms with Gasteiger partial charge in [0.2, 0.25) is 11.8 Å². The van der Waals surface area contributed by atoms with Crippen molar-refractivity contribution in [3.8, 4) is 0 Å². The Morgan fingerprint density at radius 3 is 2.73 bits per heavy atom. The van der Waals surface area contributed by atoms with Crippen LogP contribution in [0.2, 0.25) is 0 Å². The first-order valence-corrected chi connectivity index (χ1v) is 8.38. The Bertz CT molecular complexity index is 867. The number of carbonyl (C=O) groups is 2. The summed E-state index contributed by atoms with van der Waals surface area (Å²) in [7, 11) is 1.72. The minimum atomic E-state index is -4.54. The lowest BCUT2D eigenvalue weighted by Crippen LogP contribution is -2.45. The van der Waals surface area contributed by atoms with Gasteiger partial charge in [-0.3, -0.25) is 14.5 Å². The molecule has 3 rings (SSSR count). The summed E-state index contributed by atoms with van der Waals surface area (Å²) in [5.74, 6) is -0.963. The number of nitrogens with one attached hydrogen (secondary N) is 1. The molecule has 0 aliphatic carbocycles. The lowest BCUT2D eigenvalue weighted by atomic mass is 10.1. The van der Waals surface area contributed by atoms with Gasteiger partial charge in [-0.2, -0.15) is 13.2 Å². The molecule has 1 aromatic carbocycles. The van der Waals surface area contributed by atoms with Crippen LogP contribution in [-0.4, -0.2) is 38.4 Å². The zero-order valence-corrected chi connectivity index (χ0v) is 14.6. The molecule has 26 heavy (non-hydrogen) atoms. The van der Waals surface area contributed by atoms with Crippen LogP contribution in [0.5, 0.6) is 0 Å². The number of aromatic nitrogens is 3. The van der Waals surface area contributed by atoms with E-state index in [0.29, 0.717) is 5.16 Å². The highest BCUT2D eigenvalue weighted by molar-refractivity contribution is 8.00. The van der Waals surface area contributed by atoms with Gasteiger partial charge < -0.3 is 9.88 Å². The third kappa shape index (κ3) is 3.52. The van der Waals surface area contributed by atoms with Crippen LogP contribution < -0.4 is 10.2 Å². The van der Waals surface area contributed by atoms with E-state index in [2.05, 4.69) is 15.5 Å². The molecule has 2 amide bonds. The van der Waals surface area contributed by atoms with E-state index in [1.54, 1.807) is 18.5 Å². The molecule has 1 N–H and O–H groups in total. The second kappa shape index (κ2) is 6.63. The van der Waals surface area contributed by atoms with E-state index in [9.17, 15) is 22.8 Å². The Balaban J connectivity index is 1.88. The van der Waals surface area contributed by atoms with Crippen molar-refractivity contribution in [2.24, 2.45) is 7.05 Å². The van der Waals surface area contributed by atoms with Crippen molar-refractivity contribution in [3.63, 3.8) is 0 Å². The highest BCUT2D eigenvalue weighted by Gasteiger charge is 2.35. The van der Waals surface area contributed by atoms with Crippen LogP contribution in [0.1, 0.15) is 12.5 Å². The first kappa shape index (κ1) is 18.2. The van der Waals surface area contributed by atoms with Gasteiger partial charge in [0.15, 0.2) is 5.16 Å². The first-order chi connectivity index (χ1) is 12.2. The average molecular weight is 385 g/mol. The van der Waals surface area contributed by atoms with Crippen LogP contribution in [0.25, 0.3) is 0 Å². The molecule has 0 unspecified atom stereocenters. The number of alkyl halides is 3. The summed E-state index contributed by atoms with van der Waals surface area (Å²) in [6.45, 7) is 1.37. The fraction of sp³-hybridized carbons (Fsp3) is 0.333. The van der Waals surface area contributed by atoms with Gasteiger partial charge in [0.25, 0.3) is 0 Å². The molecule has 7 nitrogen and oxygen atoms in total. The molecule has 0 bridgehead atoms. The zero-order chi connectivity index (χ0) is 19.1. The highest BCUT2D eigenvalue weighted by atomic mass is 32.2. The Morgan fingerprint density at radius 1 is 1.38 bits per heavy atom. The monoisotopic (exact) mass is 385 g/mol. The molecule has 2 heterocycles. The molecule has 0 spiro atoms. The number of fused-ring (bicyclic) bond motifs is 1. The summed E-state index contributed by atoms with van der Waals surface area (Å²) in [6.07, 6.45) is -3.05. The molecule has 1 aromatic heterocycles. The van der Waals surface area contributed by atoms with Crippen molar-refractivity contribution in [2.45, 2.75) is 23.5 Å². The Hall–Kier alpha value is -2.56. The van der Waals surface area contributed by atoms with Gasteiger partial charge in [0.05, 0.1) is 22.2 Å². The summed E-state index contributed by atoms with van der Waals surface area (Å²) in [5.41, 5.74) is -0.708. The average Bonchev–Trinajstić information content (AvgIpc) is 2.96. The molecule has 0 saturated carbocycles. The number of anilines is 2. The molecular formula is C15H14F3N5O2S. The van der Waals surface area contributed by atoms with Gasteiger partial charge >= 0.3 is 6.18 Å². The lowest BCUT2D eigenvalue weighted by molar-refractivity contribution is -0.137. The molecule has 1 aliphatic heterocycles. The van der Waals surface area contributed by atoms with Crippen LogP contribution in [0.3, 0.4) is 0 Å². The van der Waals surface area contributed by atoms with E-state index >= 15 is 0 Å². The van der Waals surface area contributed by atoms with Crippen LogP contribution >= 0.6 is 11.8 Å². The molecule has 2 aromatic rings. The van der Waals surface area contributed by atoms with Crippen LogP contribution in [-0.2, 0) is 22.8 Å². The molecule has 0 saturated heterocycles. The fourth-order valence-electron chi connectivity index (χ4n) is 2.47. The predicted molar refractivity (Wildman–Crippen MR) is 88.7 cm³/mol. The van der Waals surface area contributed by atoms with Crippen molar-refractivity contribution in [1.29, 1.82) is 0 Å². The second-order valence-electron chi connectivity index (χ2n) is 5.69. The van der Waals surface area contributed by atoms with Crippen molar-refractivity contribution in [2.75, 3.05) is 16.8 Å². The molecule has 0 fully saturated rings. The number of halogens is 3. The van der Waals surface area contributed by atoms with E-state index in [1.807, 2.05) is 0 Å². The van der Waals surface area contributed by atoms with E-state index in [1.165, 1.54) is 17.3 Å². The largest absolute Gasteiger partial charge is 0.416 e. The predicted octanol–water partition coefficient (Wildman–Crippen LogP) is 2.30. The minimum Gasteiger partial charge on any atom is -0.323 e. The maximum absolute atomic E-state index is 12.9. The third-order valence-corrected chi connectivity index (χ3v) is 4.89. The van der Waals surface area contributed by atoms with E-state index < -0.39 is 28.8 Å². The van der Waals surface area contributed by atoms with Gasteiger partial charge in [-0.15, -0.1) is 10.2 Å². The van der Waals surface area contributed by atoms with E-state index in [-0.39, 0.29) is 17.9 Å². The molecule has 1 aliphatic rings. The quantitative estimate of drug-likeness (QED) is 0.820. The number of amides is 2. The summed E-state index contributed by atoms with van der Waals surface area (Å²) in [5, 5.41) is 9.89. The van der Waals surface area contributed by atoms with Gasteiger partial charge in [0.1, 0.15) is 12.9 Å². The summed E-state index contributed by atoms with van der Waals surface area (Å²) < 4.78 is 40.3. The van der Waals surface area contributed by atoms with E-state index in [4.69, 9.17) is 0 Å². The van der Waals surface area contributed by atoms with Gasteiger partial charge in [-0.05, 0) is 25.1 Å². The lowest BCUT2D eigenvalue weighted by Gasteiger charge is -2.31.